The Balaban J connectivity index is 1.94. The lowest BCUT2D eigenvalue weighted by Crippen LogP contribution is -2.31. The van der Waals surface area contributed by atoms with Gasteiger partial charge in [0.25, 0.3) is 5.56 Å². The highest BCUT2D eigenvalue weighted by atomic mass is 16.5. The van der Waals surface area contributed by atoms with E-state index < -0.39 is 17.2 Å². The van der Waals surface area contributed by atoms with Crippen molar-refractivity contribution in [1.29, 1.82) is 5.26 Å². The standard InChI is InChI=1S/C14H11N3O4/c15-7-10-1-3-11(4-2-10)9-21-13(19)8-17-6-5-12(18)16-14(17)20/h1-6H,8-9H2,(H,16,18,20). The predicted molar refractivity (Wildman–Crippen MR) is 72.3 cm³/mol. The Morgan fingerprint density at radius 2 is 1.95 bits per heavy atom. The Labute approximate surface area is 119 Å². The number of nitrogens with one attached hydrogen (secondary N) is 1. The summed E-state index contributed by atoms with van der Waals surface area (Å²) in [6, 6.07) is 9.73. The van der Waals surface area contributed by atoms with Crippen LogP contribution in [0.15, 0.2) is 46.1 Å². The summed E-state index contributed by atoms with van der Waals surface area (Å²) >= 11 is 0. The topological polar surface area (TPSA) is 105 Å². The zero-order valence-corrected chi connectivity index (χ0v) is 10.9. The van der Waals surface area contributed by atoms with Crippen molar-refractivity contribution < 1.29 is 9.53 Å². The summed E-state index contributed by atoms with van der Waals surface area (Å²) in [6.07, 6.45) is 1.23. The summed E-state index contributed by atoms with van der Waals surface area (Å²) < 4.78 is 6.06. The van der Waals surface area contributed by atoms with Gasteiger partial charge in [-0.15, -0.1) is 0 Å². The highest BCUT2D eigenvalue weighted by Gasteiger charge is 2.06. The summed E-state index contributed by atoms with van der Waals surface area (Å²) in [6.45, 7) is -0.242. The second kappa shape index (κ2) is 6.34. The van der Waals surface area contributed by atoms with Crippen LogP contribution in [0.4, 0.5) is 0 Å². The molecule has 0 spiro atoms. The third kappa shape index (κ3) is 3.91. The van der Waals surface area contributed by atoms with E-state index in [1.165, 1.54) is 6.20 Å². The molecule has 1 heterocycles. The van der Waals surface area contributed by atoms with Gasteiger partial charge in [-0.3, -0.25) is 19.1 Å². The van der Waals surface area contributed by atoms with Crippen molar-refractivity contribution >= 4 is 5.97 Å². The van der Waals surface area contributed by atoms with E-state index in [4.69, 9.17) is 10.00 Å². The predicted octanol–water partition coefficient (Wildman–Crippen LogP) is 0.152. The first kappa shape index (κ1) is 14.3. The highest BCUT2D eigenvalue weighted by molar-refractivity contribution is 5.69. The van der Waals surface area contributed by atoms with Crippen LogP contribution < -0.4 is 11.2 Å². The highest BCUT2D eigenvalue weighted by Crippen LogP contribution is 2.05. The van der Waals surface area contributed by atoms with Crippen molar-refractivity contribution in [3.63, 3.8) is 0 Å². The van der Waals surface area contributed by atoms with Gasteiger partial charge in [-0.1, -0.05) is 12.1 Å². The molecule has 0 radical (unpaired) electrons. The maximum absolute atomic E-state index is 11.6. The van der Waals surface area contributed by atoms with E-state index >= 15 is 0 Å². The van der Waals surface area contributed by atoms with Crippen LogP contribution in [-0.2, 0) is 22.7 Å². The lowest BCUT2D eigenvalue weighted by molar-refractivity contribution is -0.145. The van der Waals surface area contributed by atoms with Gasteiger partial charge in [0.15, 0.2) is 0 Å². The third-order valence-electron chi connectivity index (χ3n) is 2.68. The third-order valence-corrected chi connectivity index (χ3v) is 2.68. The maximum atomic E-state index is 11.6. The molecular formula is C14H11N3O4. The summed E-state index contributed by atoms with van der Waals surface area (Å²) in [5.74, 6) is -0.603. The van der Waals surface area contributed by atoms with E-state index in [0.29, 0.717) is 5.56 Å². The molecule has 7 heteroatoms. The maximum Gasteiger partial charge on any atom is 0.328 e. The molecular weight excluding hydrogens is 274 g/mol. The van der Waals surface area contributed by atoms with E-state index in [2.05, 4.69) is 0 Å². The zero-order valence-electron chi connectivity index (χ0n) is 10.9. The first-order valence-electron chi connectivity index (χ1n) is 6.03. The number of aromatic amines is 1. The van der Waals surface area contributed by atoms with E-state index in [1.807, 2.05) is 11.1 Å². The van der Waals surface area contributed by atoms with Crippen LogP contribution in [0.2, 0.25) is 0 Å². The number of hydrogen-bond acceptors (Lipinski definition) is 5. The van der Waals surface area contributed by atoms with Gasteiger partial charge in [-0.05, 0) is 17.7 Å². The Hall–Kier alpha value is -3.14. The summed E-state index contributed by atoms with van der Waals surface area (Å²) in [5, 5.41) is 8.66. The van der Waals surface area contributed by atoms with E-state index in [1.54, 1.807) is 24.3 Å². The van der Waals surface area contributed by atoms with Crippen molar-refractivity contribution in [3.8, 4) is 6.07 Å². The van der Waals surface area contributed by atoms with E-state index in [-0.39, 0.29) is 13.2 Å². The minimum Gasteiger partial charge on any atom is -0.459 e. The number of carbonyl (C=O) groups excluding carboxylic acids is 1. The normalized spacial score (nSPS) is 9.86. The summed E-state index contributed by atoms with van der Waals surface area (Å²) in [5.41, 5.74) is 0.0565. The molecule has 0 saturated carbocycles. The number of H-pyrrole nitrogens is 1. The zero-order chi connectivity index (χ0) is 15.2. The van der Waals surface area contributed by atoms with E-state index in [9.17, 15) is 14.4 Å². The number of nitriles is 1. The number of benzene rings is 1. The average Bonchev–Trinajstić information content (AvgIpc) is 2.48. The molecule has 0 fully saturated rings. The van der Waals surface area contributed by atoms with Gasteiger partial charge in [0, 0.05) is 12.3 Å². The van der Waals surface area contributed by atoms with Crippen molar-refractivity contribution in [2.75, 3.05) is 0 Å². The SMILES string of the molecule is N#Cc1ccc(COC(=O)Cn2ccc(=O)[nH]c2=O)cc1. The first-order valence-corrected chi connectivity index (χ1v) is 6.03. The Kier molecular flexibility index (Phi) is 4.31. The molecule has 0 amide bonds. The van der Waals surface area contributed by atoms with Crippen LogP contribution in [0, 0.1) is 11.3 Å². The molecule has 0 aliphatic carbocycles. The van der Waals surface area contributed by atoms with Crippen LogP contribution in [-0.4, -0.2) is 15.5 Å². The van der Waals surface area contributed by atoms with E-state index in [0.717, 1.165) is 16.2 Å². The molecule has 0 saturated heterocycles. The number of aromatic nitrogens is 2. The van der Waals surface area contributed by atoms with Crippen molar-refractivity contribution in [1.82, 2.24) is 9.55 Å². The first-order chi connectivity index (χ1) is 10.1. The Bertz CT molecular complexity index is 796. The molecule has 106 valence electrons. The van der Waals surface area contributed by atoms with Crippen LogP contribution in [0.3, 0.4) is 0 Å². The summed E-state index contributed by atoms with van der Waals surface area (Å²) in [7, 11) is 0. The monoisotopic (exact) mass is 285 g/mol. The van der Waals surface area contributed by atoms with Crippen molar-refractivity contribution in [3.05, 3.63) is 68.5 Å². The van der Waals surface area contributed by atoms with Crippen LogP contribution >= 0.6 is 0 Å². The smallest absolute Gasteiger partial charge is 0.328 e. The largest absolute Gasteiger partial charge is 0.459 e. The van der Waals surface area contributed by atoms with Gasteiger partial charge < -0.3 is 4.74 Å². The minimum atomic E-state index is -0.669. The molecule has 0 aliphatic heterocycles. The quantitative estimate of drug-likeness (QED) is 0.805. The molecule has 2 aromatic rings. The molecule has 21 heavy (non-hydrogen) atoms. The second-order valence-electron chi connectivity index (χ2n) is 4.21. The fourth-order valence-corrected chi connectivity index (χ4v) is 1.59. The molecule has 0 aliphatic rings. The lowest BCUT2D eigenvalue weighted by Gasteiger charge is -2.06. The molecule has 0 bridgehead atoms. The fourth-order valence-electron chi connectivity index (χ4n) is 1.59. The number of hydrogen-bond donors (Lipinski definition) is 1. The second-order valence-corrected chi connectivity index (χ2v) is 4.21. The number of carbonyl (C=O) groups is 1. The number of rotatable bonds is 4. The van der Waals surface area contributed by atoms with Crippen molar-refractivity contribution in [2.24, 2.45) is 0 Å². The molecule has 1 aromatic heterocycles. The number of nitrogens with zero attached hydrogens (tertiary/aromatic N) is 2. The Morgan fingerprint density at radius 3 is 2.57 bits per heavy atom. The van der Waals surface area contributed by atoms with Gasteiger partial charge in [0.1, 0.15) is 13.2 Å². The molecule has 7 nitrogen and oxygen atoms in total. The fraction of sp³-hybridized carbons (Fsp3) is 0.143. The molecule has 2 rings (SSSR count). The number of ether oxygens (including phenoxy) is 1. The van der Waals surface area contributed by atoms with Gasteiger partial charge in [0.2, 0.25) is 0 Å². The van der Waals surface area contributed by atoms with Gasteiger partial charge >= 0.3 is 11.7 Å². The molecule has 1 N–H and O–H groups in total. The van der Waals surface area contributed by atoms with Gasteiger partial charge in [-0.25, -0.2) is 4.79 Å². The molecule has 0 unspecified atom stereocenters. The van der Waals surface area contributed by atoms with Crippen LogP contribution in [0.5, 0.6) is 0 Å². The number of esters is 1. The molecule has 1 aromatic carbocycles. The minimum absolute atomic E-state index is 0.0443. The average molecular weight is 285 g/mol. The summed E-state index contributed by atoms with van der Waals surface area (Å²) in [4.78, 5) is 35.9. The van der Waals surface area contributed by atoms with Crippen LogP contribution in [0.25, 0.3) is 0 Å². The van der Waals surface area contributed by atoms with Crippen molar-refractivity contribution in [2.45, 2.75) is 13.2 Å². The lowest BCUT2D eigenvalue weighted by atomic mass is 10.2. The molecule has 0 atom stereocenters. The van der Waals surface area contributed by atoms with Gasteiger partial charge in [0.05, 0.1) is 11.6 Å². The van der Waals surface area contributed by atoms with Gasteiger partial charge in [-0.2, -0.15) is 5.26 Å². The Morgan fingerprint density at radius 1 is 1.24 bits per heavy atom. The van der Waals surface area contributed by atoms with Crippen LogP contribution in [0.1, 0.15) is 11.1 Å².